The summed E-state index contributed by atoms with van der Waals surface area (Å²) in [5.41, 5.74) is 0. The van der Waals surface area contributed by atoms with E-state index in [2.05, 4.69) is 20.8 Å². The lowest BCUT2D eigenvalue weighted by molar-refractivity contribution is 0.0234. The molecule has 2 fully saturated rings. The molecule has 0 radical (unpaired) electrons. The Morgan fingerprint density at radius 2 is 1.25 bits per heavy atom. The molecular weight excluding hydrogens is 144 g/mol. The summed E-state index contributed by atoms with van der Waals surface area (Å²) in [6.07, 6.45) is 6.03. The minimum absolute atomic E-state index is 1.03. The van der Waals surface area contributed by atoms with Gasteiger partial charge in [0.25, 0.3) is 0 Å². The van der Waals surface area contributed by atoms with Gasteiger partial charge in [0.05, 0.1) is 0 Å². The first-order chi connectivity index (χ1) is 5.70. The number of hydrogen-bond donors (Lipinski definition) is 0. The minimum Gasteiger partial charge on any atom is -0.0622 e. The third-order valence-corrected chi connectivity index (χ3v) is 4.72. The average molecular weight is 166 g/mol. The standard InChI is InChI=1S/C12H22/c1-8-4-6-11(8)10(3)12-7-5-9(12)2/h8-12H,4-7H2,1-3H3. The molecule has 4 atom stereocenters. The lowest BCUT2D eigenvalue weighted by atomic mass is 9.58. The highest BCUT2D eigenvalue weighted by Gasteiger charge is 2.40. The van der Waals surface area contributed by atoms with Crippen LogP contribution >= 0.6 is 0 Å². The van der Waals surface area contributed by atoms with Crippen LogP contribution in [0.5, 0.6) is 0 Å². The van der Waals surface area contributed by atoms with Crippen molar-refractivity contribution in [3.8, 4) is 0 Å². The van der Waals surface area contributed by atoms with Crippen molar-refractivity contribution in [2.75, 3.05) is 0 Å². The Morgan fingerprint density at radius 3 is 1.42 bits per heavy atom. The molecule has 0 aromatic heterocycles. The maximum Gasteiger partial charge on any atom is -0.0360 e. The molecule has 0 bridgehead atoms. The van der Waals surface area contributed by atoms with Gasteiger partial charge >= 0.3 is 0 Å². The quantitative estimate of drug-likeness (QED) is 0.586. The molecule has 4 unspecified atom stereocenters. The van der Waals surface area contributed by atoms with Gasteiger partial charge in [0.2, 0.25) is 0 Å². The molecule has 12 heavy (non-hydrogen) atoms. The van der Waals surface area contributed by atoms with Gasteiger partial charge in [0, 0.05) is 0 Å². The zero-order valence-electron chi connectivity index (χ0n) is 8.72. The van der Waals surface area contributed by atoms with E-state index in [-0.39, 0.29) is 0 Å². The first-order valence-electron chi connectivity index (χ1n) is 5.70. The van der Waals surface area contributed by atoms with E-state index < -0.39 is 0 Å². The maximum absolute atomic E-state index is 2.50. The predicted molar refractivity (Wildman–Crippen MR) is 52.9 cm³/mol. The summed E-state index contributed by atoms with van der Waals surface area (Å²) in [6, 6.07) is 0. The SMILES string of the molecule is CC1CCC1C(C)C1CCC1C. The Hall–Kier alpha value is 0. The van der Waals surface area contributed by atoms with E-state index >= 15 is 0 Å². The molecule has 2 saturated carbocycles. The fourth-order valence-corrected chi connectivity index (χ4v) is 3.26. The summed E-state index contributed by atoms with van der Waals surface area (Å²) in [6.45, 7) is 7.38. The Balaban J connectivity index is 1.87. The minimum atomic E-state index is 1.03. The van der Waals surface area contributed by atoms with E-state index in [1.807, 2.05) is 0 Å². The first kappa shape index (κ1) is 8.59. The van der Waals surface area contributed by atoms with Gasteiger partial charge in [-0.15, -0.1) is 0 Å². The summed E-state index contributed by atoms with van der Waals surface area (Å²) in [7, 11) is 0. The van der Waals surface area contributed by atoms with Gasteiger partial charge in [0.1, 0.15) is 0 Å². The second-order valence-electron chi connectivity index (χ2n) is 5.30. The molecule has 0 heteroatoms. The van der Waals surface area contributed by atoms with E-state index in [9.17, 15) is 0 Å². The van der Waals surface area contributed by atoms with Crippen LogP contribution in [0.25, 0.3) is 0 Å². The zero-order valence-corrected chi connectivity index (χ0v) is 8.72. The van der Waals surface area contributed by atoms with Crippen LogP contribution in [0.15, 0.2) is 0 Å². The van der Waals surface area contributed by atoms with E-state index in [0.717, 1.165) is 29.6 Å². The summed E-state index contributed by atoms with van der Waals surface area (Å²) in [5, 5.41) is 0. The second kappa shape index (κ2) is 3.05. The average Bonchev–Trinajstić information content (AvgIpc) is 1.98. The maximum atomic E-state index is 2.50. The van der Waals surface area contributed by atoms with Crippen molar-refractivity contribution >= 4 is 0 Å². The molecule has 2 aliphatic rings. The normalized spacial score (nSPS) is 49.2. The third-order valence-electron chi connectivity index (χ3n) is 4.72. The van der Waals surface area contributed by atoms with Gasteiger partial charge in [-0.2, -0.15) is 0 Å². The highest BCUT2D eigenvalue weighted by molar-refractivity contribution is 4.90. The lowest BCUT2D eigenvalue weighted by Crippen LogP contribution is -2.39. The van der Waals surface area contributed by atoms with Crippen LogP contribution in [0.4, 0.5) is 0 Å². The van der Waals surface area contributed by atoms with Crippen molar-refractivity contribution in [3.05, 3.63) is 0 Å². The van der Waals surface area contributed by atoms with Crippen molar-refractivity contribution in [1.82, 2.24) is 0 Å². The van der Waals surface area contributed by atoms with E-state index in [1.165, 1.54) is 25.7 Å². The van der Waals surface area contributed by atoms with Gasteiger partial charge in [-0.25, -0.2) is 0 Å². The van der Waals surface area contributed by atoms with Crippen LogP contribution < -0.4 is 0 Å². The third kappa shape index (κ3) is 1.20. The van der Waals surface area contributed by atoms with Crippen molar-refractivity contribution in [1.29, 1.82) is 0 Å². The molecule has 0 aromatic carbocycles. The zero-order chi connectivity index (χ0) is 8.72. The summed E-state index contributed by atoms with van der Waals surface area (Å²) >= 11 is 0. The van der Waals surface area contributed by atoms with Gasteiger partial charge in [-0.1, -0.05) is 33.6 Å². The fourth-order valence-electron chi connectivity index (χ4n) is 3.26. The molecule has 2 aliphatic carbocycles. The van der Waals surface area contributed by atoms with E-state index in [4.69, 9.17) is 0 Å². The smallest absolute Gasteiger partial charge is 0.0360 e. The highest BCUT2D eigenvalue weighted by atomic mass is 14.5. The van der Waals surface area contributed by atoms with Gasteiger partial charge in [0.15, 0.2) is 0 Å². The molecule has 0 saturated heterocycles. The van der Waals surface area contributed by atoms with Crippen LogP contribution in [0.3, 0.4) is 0 Å². The molecule has 0 amide bonds. The van der Waals surface area contributed by atoms with Gasteiger partial charge in [-0.3, -0.25) is 0 Å². The van der Waals surface area contributed by atoms with Crippen molar-refractivity contribution in [3.63, 3.8) is 0 Å². The van der Waals surface area contributed by atoms with Crippen LogP contribution in [0, 0.1) is 29.6 Å². The van der Waals surface area contributed by atoms with E-state index in [1.54, 1.807) is 0 Å². The summed E-state index contributed by atoms with van der Waals surface area (Å²) in [5.74, 6) is 5.26. The largest absolute Gasteiger partial charge is 0.0622 e. The molecule has 0 aromatic rings. The summed E-state index contributed by atoms with van der Waals surface area (Å²) in [4.78, 5) is 0. The highest BCUT2D eigenvalue weighted by Crippen LogP contribution is 2.49. The van der Waals surface area contributed by atoms with Crippen LogP contribution in [0.2, 0.25) is 0 Å². The predicted octanol–water partition coefficient (Wildman–Crippen LogP) is 3.71. The molecule has 0 nitrogen and oxygen atoms in total. The Morgan fingerprint density at radius 1 is 0.833 bits per heavy atom. The Labute approximate surface area is 76.7 Å². The van der Waals surface area contributed by atoms with Crippen molar-refractivity contribution in [2.45, 2.75) is 46.5 Å². The second-order valence-corrected chi connectivity index (χ2v) is 5.30. The van der Waals surface area contributed by atoms with Crippen LogP contribution in [0.1, 0.15) is 46.5 Å². The number of hydrogen-bond acceptors (Lipinski definition) is 0. The Kier molecular flexibility index (Phi) is 2.18. The molecule has 0 heterocycles. The molecular formula is C12H22. The summed E-state index contributed by atoms with van der Waals surface area (Å²) < 4.78 is 0. The molecule has 2 rings (SSSR count). The van der Waals surface area contributed by atoms with Crippen molar-refractivity contribution in [2.24, 2.45) is 29.6 Å². The molecule has 70 valence electrons. The molecule has 0 spiro atoms. The van der Waals surface area contributed by atoms with Gasteiger partial charge < -0.3 is 0 Å². The van der Waals surface area contributed by atoms with Crippen LogP contribution in [-0.2, 0) is 0 Å². The monoisotopic (exact) mass is 166 g/mol. The van der Waals surface area contributed by atoms with Crippen molar-refractivity contribution < 1.29 is 0 Å². The first-order valence-corrected chi connectivity index (χ1v) is 5.70. The topological polar surface area (TPSA) is 0 Å². The molecule has 0 N–H and O–H groups in total. The Bertz CT molecular complexity index is 143. The van der Waals surface area contributed by atoms with Crippen LogP contribution in [-0.4, -0.2) is 0 Å². The van der Waals surface area contributed by atoms with E-state index in [0.29, 0.717) is 0 Å². The van der Waals surface area contributed by atoms with Gasteiger partial charge in [-0.05, 0) is 42.4 Å². The number of rotatable bonds is 2. The lowest BCUT2D eigenvalue weighted by Gasteiger charge is -2.47. The molecule has 0 aliphatic heterocycles. The fraction of sp³-hybridized carbons (Fsp3) is 1.00.